The molecule has 0 atom stereocenters. The fourth-order valence-corrected chi connectivity index (χ4v) is 2.17. The highest BCUT2D eigenvalue weighted by atomic mass is 16.5. The molecule has 7 heteroatoms. The van der Waals surface area contributed by atoms with Crippen molar-refractivity contribution < 1.29 is 24.5 Å². The number of carbonyl (C=O) groups is 2. The Hall–Kier alpha value is -2.28. The molecule has 0 bridgehead atoms. The van der Waals surface area contributed by atoms with E-state index < -0.39 is 17.5 Å². The van der Waals surface area contributed by atoms with Gasteiger partial charge in [-0.05, 0) is 17.7 Å². The van der Waals surface area contributed by atoms with E-state index >= 15 is 0 Å². The predicted octanol–water partition coefficient (Wildman–Crippen LogP) is 0.825. The van der Waals surface area contributed by atoms with Gasteiger partial charge in [-0.15, -0.1) is 0 Å². The zero-order valence-electron chi connectivity index (χ0n) is 11.5. The molecule has 0 unspecified atom stereocenters. The van der Waals surface area contributed by atoms with Gasteiger partial charge in [-0.3, -0.25) is 0 Å². The SMILES string of the molecule is O=C(NCc1ccc(O)cc1)NC1(C(=O)O)CCOCC1. The third-order valence-corrected chi connectivity index (χ3v) is 3.50. The maximum Gasteiger partial charge on any atom is 0.329 e. The number of carboxylic acid groups (broad SMARTS) is 1. The fourth-order valence-electron chi connectivity index (χ4n) is 2.17. The number of rotatable bonds is 4. The van der Waals surface area contributed by atoms with Gasteiger partial charge in [-0.1, -0.05) is 12.1 Å². The normalized spacial score (nSPS) is 17.0. The van der Waals surface area contributed by atoms with Gasteiger partial charge in [0.25, 0.3) is 0 Å². The van der Waals surface area contributed by atoms with Crippen LogP contribution in [0.3, 0.4) is 0 Å². The lowest BCUT2D eigenvalue weighted by Gasteiger charge is -2.33. The van der Waals surface area contributed by atoms with Gasteiger partial charge >= 0.3 is 12.0 Å². The van der Waals surface area contributed by atoms with Crippen LogP contribution in [0.15, 0.2) is 24.3 Å². The van der Waals surface area contributed by atoms with Crippen LogP contribution >= 0.6 is 0 Å². The number of nitrogens with one attached hydrogen (secondary N) is 2. The molecule has 0 saturated carbocycles. The van der Waals surface area contributed by atoms with Gasteiger partial charge in [0.2, 0.25) is 0 Å². The molecule has 4 N–H and O–H groups in total. The fraction of sp³-hybridized carbons (Fsp3) is 0.429. The van der Waals surface area contributed by atoms with E-state index in [0.717, 1.165) is 5.56 Å². The summed E-state index contributed by atoms with van der Waals surface area (Å²) >= 11 is 0. The summed E-state index contributed by atoms with van der Waals surface area (Å²) in [4.78, 5) is 23.3. The molecule has 1 aliphatic heterocycles. The molecule has 1 aromatic rings. The van der Waals surface area contributed by atoms with Crippen molar-refractivity contribution in [1.29, 1.82) is 0 Å². The Bertz CT molecular complexity index is 509. The van der Waals surface area contributed by atoms with Crippen molar-refractivity contribution >= 4 is 12.0 Å². The number of phenolic OH excluding ortho intramolecular Hbond substituents is 1. The highest BCUT2D eigenvalue weighted by Gasteiger charge is 2.41. The Labute approximate surface area is 121 Å². The van der Waals surface area contributed by atoms with Crippen molar-refractivity contribution in [2.45, 2.75) is 24.9 Å². The van der Waals surface area contributed by atoms with Gasteiger partial charge in [0.05, 0.1) is 0 Å². The van der Waals surface area contributed by atoms with Crippen molar-refractivity contribution in [1.82, 2.24) is 10.6 Å². The number of urea groups is 1. The Balaban J connectivity index is 1.90. The first kappa shape index (κ1) is 15.1. The molecule has 21 heavy (non-hydrogen) atoms. The predicted molar refractivity (Wildman–Crippen MR) is 73.9 cm³/mol. The number of hydrogen-bond donors (Lipinski definition) is 4. The van der Waals surface area contributed by atoms with Crippen molar-refractivity contribution in [2.75, 3.05) is 13.2 Å². The Morgan fingerprint density at radius 2 is 1.81 bits per heavy atom. The number of aromatic hydroxyl groups is 1. The lowest BCUT2D eigenvalue weighted by molar-refractivity contribution is -0.148. The van der Waals surface area contributed by atoms with Crippen LogP contribution in [0.5, 0.6) is 5.75 Å². The number of carbonyl (C=O) groups excluding carboxylic acids is 1. The molecule has 2 rings (SSSR count). The number of hydrogen-bond acceptors (Lipinski definition) is 4. The third-order valence-electron chi connectivity index (χ3n) is 3.50. The summed E-state index contributed by atoms with van der Waals surface area (Å²) in [5.74, 6) is -0.902. The molecule has 1 heterocycles. The molecule has 1 saturated heterocycles. The molecule has 1 aromatic carbocycles. The number of aliphatic carboxylic acids is 1. The Kier molecular flexibility index (Phi) is 4.64. The lowest BCUT2D eigenvalue weighted by atomic mass is 9.90. The summed E-state index contributed by atoms with van der Waals surface area (Å²) in [6.07, 6.45) is 0.490. The zero-order chi connectivity index (χ0) is 15.3. The number of benzene rings is 1. The molecule has 114 valence electrons. The van der Waals surface area contributed by atoms with Crippen molar-refractivity contribution in [3.8, 4) is 5.75 Å². The van der Waals surface area contributed by atoms with Crippen LogP contribution < -0.4 is 10.6 Å². The number of amides is 2. The largest absolute Gasteiger partial charge is 0.508 e. The van der Waals surface area contributed by atoms with Crippen LogP contribution in [-0.2, 0) is 16.1 Å². The van der Waals surface area contributed by atoms with Gasteiger partial charge in [0, 0.05) is 32.6 Å². The highest BCUT2D eigenvalue weighted by molar-refractivity contribution is 5.86. The van der Waals surface area contributed by atoms with Crippen LogP contribution in [-0.4, -0.2) is 41.0 Å². The van der Waals surface area contributed by atoms with E-state index in [-0.39, 0.29) is 25.1 Å². The third kappa shape index (κ3) is 3.85. The Morgan fingerprint density at radius 1 is 1.19 bits per heavy atom. The molecule has 2 amide bonds. The van der Waals surface area contributed by atoms with Crippen LogP contribution in [0.2, 0.25) is 0 Å². The van der Waals surface area contributed by atoms with E-state index in [1.165, 1.54) is 12.1 Å². The van der Waals surface area contributed by atoms with Crippen molar-refractivity contribution in [2.24, 2.45) is 0 Å². The number of ether oxygens (including phenoxy) is 1. The van der Waals surface area contributed by atoms with Gasteiger partial charge in [-0.25, -0.2) is 9.59 Å². The van der Waals surface area contributed by atoms with Gasteiger partial charge in [-0.2, -0.15) is 0 Å². The molecule has 1 aliphatic rings. The first-order chi connectivity index (χ1) is 10.0. The summed E-state index contributed by atoms with van der Waals surface area (Å²) in [7, 11) is 0. The number of phenols is 1. The van der Waals surface area contributed by atoms with Gasteiger partial charge in [0.1, 0.15) is 11.3 Å². The summed E-state index contributed by atoms with van der Waals surface area (Å²) < 4.78 is 5.14. The first-order valence-corrected chi connectivity index (χ1v) is 6.67. The average Bonchev–Trinajstić information content (AvgIpc) is 2.47. The monoisotopic (exact) mass is 294 g/mol. The second-order valence-electron chi connectivity index (χ2n) is 4.97. The average molecular weight is 294 g/mol. The molecule has 0 radical (unpaired) electrons. The summed E-state index contributed by atoms with van der Waals surface area (Å²) in [6.45, 7) is 0.868. The first-order valence-electron chi connectivity index (χ1n) is 6.67. The van der Waals surface area contributed by atoms with E-state index in [1.807, 2.05) is 0 Å². The quantitative estimate of drug-likeness (QED) is 0.657. The lowest BCUT2D eigenvalue weighted by Crippen LogP contribution is -2.59. The minimum absolute atomic E-state index is 0.148. The highest BCUT2D eigenvalue weighted by Crippen LogP contribution is 2.21. The van der Waals surface area contributed by atoms with E-state index in [0.29, 0.717) is 13.2 Å². The summed E-state index contributed by atoms with van der Waals surface area (Å²) in [5.41, 5.74) is -0.462. The van der Waals surface area contributed by atoms with Crippen LogP contribution in [0, 0.1) is 0 Å². The van der Waals surface area contributed by atoms with Crippen molar-refractivity contribution in [3.63, 3.8) is 0 Å². The molecular formula is C14H18N2O5. The summed E-state index contributed by atoms with van der Waals surface area (Å²) in [6, 6.07) is 5.86. The minimum atomic E-state index is -1.27. The molecular weight excluding hydrogens is 276 g/mol. The van der Waals surface area contributed by atoms with Crippen LogP contribution in [0.25, 0.3) is 0 Å². The summed E-state index contributed by atoms with van der Waals surface area (Å²) in [5, 5.41) is 23.6. The molecule has 0 spiro atoms. The van der Waals surface area contributed by atoms with Crippen molar-refractivity contribution in [3.05, 3.63) is 29.8 Å². The van der Waals surface area contributed by atoms with Gasteiger partial charge in [0.15, 0.2) is 0 Å². The molecule has 1 fully saturated rings. The second kappa shape index (κ2) is 6.45. The van der Waals surface area contributed by atoms with Gasteiger partial charge < -0.3 is 25.6 Å². The standard InChI is InChI=1S/C14H18N2O5/c17-11-3-1-10(2-4-11)9-15-13(20)16-14(12(18)19)5-7-21-8-6-14/h1-4,17H,5-9H2,(H,18,19)(H2,15,16,20). The smallest absolute Gasteiger partial charge is 0.329 e. The second-order valence-corrected chi connectivity index (χ2v) is 4.97. The molecule has 0 aliphatic carbocycles. The maximum atomic E-state index is 11.9. The van der Waals surface area contributed by atoms with E-state index in [2.05, 4.69) is 10.6 Å². The Morgan fingerprint density at radius 3 is 2.38 bits per heavy atom. The zero-order valence-corrected chi connectivity index (χ0v) is 11.5. The topological polar surface area (TPSA) is 108 Å². The minimum Gasteiger partial charge on any atom is -0.508 e. The van der Waals surface area contributed by atoms with Crippen LogP contribution in [0.4, 0.5) is 4.79 Å². The maximum absolute atomic E-state index is 11.9. The molecule has 7 nitrogen and oxygen atoms in total. The van der Waals surface area contributed by atoms with E-state index in [4.69, 9.17) is 9.84 Å². The van der Waals surface area contributed by atoms with E-state index in [9.17, 15) is 14.7 Å². The number of carboxylic acids is 1. The molecule has 0 aromatic heterocycles. The van der Waals surface area contributed by atoms with E-state index in [1.54, 1.807) is 12.1 Å². The van der Waals surface area contributed by atoms with Crippen LogP contribution in [0.1, 0.15) is 18.4 Å².